The van der Waals surface area contributed by atoms with E-state index in [0.717, 1.165) is 12.1 Å². The number of nitrogens with two attached hydrogens (primary N) is 1. The molecular formula is C12H10BrF2N3. The number of nitrogen functional groups attached to an aromatic ring is 1. The van der Waals surface area contributed by atoms with Gasteiger partial charge in [-0.1, -0.05) is 15.9 Å². The Kier molecular flexibility index (Phi) is 3.47. The Hall–Kier alpha value is -1.69. The van der Waals surface area contributed by atoms with E-state index in [9.17, 15) is 8.78 Å². The molecule has 3 N–H and O–H groups in total. The average molecular weight is 314 g/mol. The highest BCUT2D eigenvalue weighted by molar-refractivity contribution is 9.10. The molecule has 94 valence electrons. The second-order valence-electron chi connectivity index (χ2n) is 3.76. The van der Waals surface area contributed by atoms with Crippen molar-refractivity contribution in [2.75, 3.05) is 11.1 Å². The molecule has 3 nitrogen and oxygen atoms in total. The Labute approximate surface area is 111 Å². The van der Waals surface area contributed by atoms with Gasteiger partial charge in [-0.3, -0.25) is 0 Å². The molecule has 6 heteroatoms. The van der Waals surface area contributed by atoms with E-state index >= 15 is 0 Å². The van der Waals surface area contributed by atoms with Crippen LogP contribution in [0, 0.1) is 18.6 Å². The van der Waals surface area contributed by atoms with Crippen molar-refractivity contribution in [1.29, 1.82) is 0 Å². The van der Waals surface area contributed by atoms with E-state index in [2.05, 4.69) is 26.2 Å². The molecule has 2 aromatic rings. The van der Waals surface area contributed by atoms with E-state index in [1.165, 1.54) is 0 Å². The van der Waals surface area contributed by atoms with Crippen LogP contribution in [-0.2, 0) is 0 Å². The first-order valence-corrected chi connectivity index (χ1v) is 5.91. The highest BCUT2D eigenvalue weighted by Gasteiger charge is 2.12. The smallest absolute Gasteiger partial charge is 0.154 e. The number of halogens is 3. The minimum Gasteiger partial charge on any atom is -0.396 e. The third-order valence-electron chi connectivity index (χ3n) is 2.32. The number of rotatable bonds is 2. The quantitative estimate of drug-likeness (QED) is 0.887. The predicted molar refractivity (Wildman–Crippen MR) is 70.7 cm³/mol. The first-order chi connectivity index (χ1) is 8.47. The van der Waals surface area contributed by atoms with Crippen LogP contribution in [0.4, 0.5) is 26.0 Å². The van der Waals surface area contributed by atoms with Crippen molar-refractivity contribution in [2.45, 2.75) is 6.92 Å². The molecule has 2 rings (SSSR count). The first-order valence-electron chi connectivity index (χ1n) is 5.12. The van der Waals surface area contributed by atoms with Crippen molar-refractivity contribution in [2.24, 2.45) is 0 Å². The van der Waals surface area contributed by atoms with E-state index in [-0.39, 0.29) is 11.5 Å². The number of nitrogens with one attached hydrogen (secondary N) is 1. The summed E-state index contributed by atoms with van der Waals surface area (Å²) in [4.78, 5) is 4.09. The molecule has 0 radical (unpaired) electrons. The zero-order valence-corrected chi connectivity index (χ0v) is 11.1. The Morgan fingerprint density at radius 2 is 1.83 bits per heavy atom. The lowest BCUT2D eigenvalue weighted by Crippen LogP contribution is -2.03. The molecule has 0 aliphatic rings. The van der Waals surface area contributed by atoms with Crippen LogP contribution in [-0.4, -0.2) is 4.98 Å². The van der Waals surface area contributed by atoms with Gasteiger partial charge in [0.1, 0.15) is 5.69 Å². The molecule has 0 fully saturated rings. The Bertz CT molecular complexity index is 579. The van der Waals surface area contributed by atoms with Gasteiger partial charge >= 0.3 is 0 Å². The number of hydrogen-bond donors (Lipinski definition) is 2. The highest BCUT2D eigenvalue weighted by Crippen LogP contribution is 2.28. The topological polar surface area (TPSA) is 50.9 Å². The minimum atomic E-state index is -0.718. The van der Waals surface area contributed by atoms with Crippen molar-refractivity contribution in [3.05, 3.63) is 46.1 Å². The fraction of sp³-hybridized carbons (Fsp3) is 0.0833. The maximum atomic E-state index is 13.6. The van der Waals surface area contributed by atoms with Crippen LogP contribution in [0.2, 0.25) is 0 Å². The zero-order valence-electron chi connectivity index (χ0n) is 9.47. The molecule has 0 aliphatic carbocycles. The van der Waals surface area contributed by atoms with Gasteiger partial charge in [0.25, 0.3) is 0 Å². The monoisotopic (exact) mass is 313 g/mol. The molecule has 0 spiro atoms. The van der Waals surface area contributed by atoms with Crippen LogP contribution in [0.15, 0.2) is 28.7 Å². The molecule has 0 amide bonds. The summed E-state index contributed by atoms with van der Waals surface area (Å²) in [6.07, 6.45) is 0. The van der Waals surface area contributed by atoms with Crippen LogP contribution >= 0.6 is 15.9 Å². The molecule has 1 aromatic heterocycles. The van der Waals surface area contributed by atoms with Gasteiger partial charge in [-0.15, -0.1) is 0 Å². The number of anilines is 3. The van der Waals surface area contributed by atoms with Crippen LogP contribution in [0.3, 0.4) is 0 Å². The molecule has 1 heterocycles. The lowest BCUT2D eigenvalue weighted by atomic mass is 10.2. The van der Waals surface area contributed by atoms with Gasteiger partial charge in [-0.05, 0) is 31.2 Å². The molecule has 0 atom stereocenters. The Balaban J connectivity index is 2.43. The van der Waals surface area contributed by atoms with E-state index in [1.807, 2.05) is 0 Å². The summed E-state index contributed by atoms with van der Waals surface area (Å²) in [5.41, 5.74) is 6.43. The van der Waals surface area contributed by atoms with Crippen molar-refractivity contribution < 1.29 is 8.78 Å². The normalized spacial score (nSPS) is 10.4. The van der Waals surface area contributed by atoms with Crippen molar-refractivity contribution in [3.8, 4) is 0 Å². The summed E-state index contributed by atoms with van der Waals surface area (Å²) >= 11 is 3.01. The number of aromatic nitrogens is 1. The standard InChI is InChI=1S/C12H10BrF2N3/c1-6-2-3-10(16)12(17-6)18-11-8(14)4-7(13)5-9(11)15/h2-5H,16H2,1H3,(H,17,18). The molecule has 0 bridgehead atoms. The molecule has 0 unspecified atom stereocenters. The summed E-state index contributed by atoms with van der Waals surface area (Å²) in [6.45, 7) is 1.76. The van der Waals surface area contributed by atoms with Crippen molar-refractivity contribution >= 4 is 33.1 Å². The van der Waals surface area contributed by atoms with Crippen LogP contribution in [0.5, 0.6) is 0 Å². The minimum absolute atomic E-state index is 0.232. The van der Waals surface area contributed by atoms with Gasteiger partial charge in [-0.25, -0.2) is 13.8 Å². The number of pyridine rings is 1. The van der Waals surface area contributed by atoms with Gasteiger partial charge in [0.2, 0.25) is 0 Å². The third-order valence-corrected chi connectivity index (χ3v) is 2.77. The Morgan fingerprint density at radius 1 is 1.22 bits per heavy atom. The van der Waals surface area contributed by atoms with E-state index in [0.29, 0.717) is 15.9 Å². The number of benzene rings is 1. The number of aryl methyl sites for hydroxylation is 1. The van der Waals surface area contributed by atoms with Gasteiger partial charge in [0.15, 0.2) is 17.5 Å². The summed E-state index contributed by atoms with van der Waals surface area (Å²) in [5, 5.41) is 2.57. The van der Waals surface area contributed by atoms with Crippen LogP contribution < -0.4 is 11.1 Å². The zero-order chi connectivity index (χ0) is 13.3. The van der Waals surface area contributed by atoms with Crippen LogP contribution in [0.25, 0.3) is 0 Å². The van der Waals surface area contributed by atoms with Gasteiger partial charge in [0.05, 0.1) is 5.69 Å². The van der Waals surface area contributed by atoms with Gasteiger partial charge in [-0.2, -0.15) is 0 Å². The third kappa shape index (κ3) is 2.59. The molecule has 0 saturated carbocycles. The van der Waals surface area contributed by atoms with Gasteiger partial charge in [0, 0.05) is 10.2 Å². The summed E-state index contributed by atoms with van der Waals surface area (Å²) in [7, 11) is 0. The lowest BCUT2D eigenvalue weighted by Gasteiger charge is -2.11. The summed E-state index contributed by atoms with van der Waals surface area (Å²) in [6, 6.07) is 5.67. The summed E-state index contributed by atoms with van der Waals surface area (Å²) in [5.74, 6) is -1.20. The SMILES string of the molecule is Cc1ccc(N)c(Nc2c(F)cc(Br)cc2F)n1. The van der Waals surface area contributed by atoms with Gasteiger partial charge < -0.3 is 11.1 Å². The van der Waals surface area contributed by atoms with E-state index in [1.54, 1.807) is 19.1 Å². The largest absolute Gasteiger partial charge is 0.396 e. The Morgan fingerprint density at radius 3 is 2.44 bits per heavy atom. The fourth-order valence-corrected chi connectivity index (χ4v) is 1.85. The molecule has 18 heavy (non-hydrogen) atoms. The van der Waals surface area contributed by atoms with E-state index < -0.39 is 11.6 Å². The second kappa shape index (κ2) is 4.89. The molecular weight excluding hydrogens is 304 g/mol. The maximum absolute atomic E-state index is 13.6. The number of nitrogens with zero attached hydrogens (tertiary/aromatic N) is 1. The predicted octanol–water partition coefficient (Wildman–Crippen LogP) is 3.76. The van der Waals surface area contributed by atoms with Crippen molar-refractivity contribution in [1.82, 2.24) is 4.98 Å². The highest BCUT2D eigenvalue weighted by atomic mass is 79.9. The molecule has 1 aromatic carbocycles. The second-order valence-corrected chi connectivity index (χ2v) is 4.68. The maximum Gasteiger partial charge on any atom is 0.154 e. The molecule has 0 saturated heterocycles. The lowest BCUT2D eigenvalue weighted by molar-refractivity contribution is 0.589. The summed E-state index contributed by atoms with van der Waals surface area (Å²) < 4.78 is 27.6. The molecule has 0 aliphatic heterocycles. The van der Waals surface area contributed by atoms with Crippen LogP contribution in [0.1, 0.15) is 5.69 Å². The van der Waals surface area contributed by atoms with E-state index in [4.69, 9.17) is 5.73 Å². The van der Waals surface area contributed by atoms with Crippen molar-refractivity contribution in [3.63, 3.8) is 0 Å². The average Bonchev–Trinajstić information content (AvgIpc) is 2.28. The first kappa shape index (κ1) is 12.8. The fourth-order valence-electron chi connectivity index (χ4n) is 1.45. The number of hydrogen-bond acceptors (Lipinski definition) is 3.